The minimum absolute atomic E-state index is 0. The summed E-state index contributed by atoms with van der Waals surface area (Å²) in [4.78, 5) is 14.7. The number of carbonyl (C=O) groups excluding carboxylic acids is 1. The third-order valence-corrected chi connectivity index (χ3v) is 6.66. The highest BCUT2D eigenvalue weighted by Crippen LogP contribution is 2.49. The van der Waals surface area contributed by atoms with Crippen LogP contribution in [0.25, 0.3) is 0 Å². The number of likely N-dealkylation sites (tertiary alicyclic amines) is 1. The lowest BCUT2D eigenvalue weighted by molar-refractivity contribution is -0.123. The van der Waals surface area contributed by atoms with Crippen molar-refractivity contribution in [3.63, 3.8) is 0 Å². The van der Waals surface area contributed by atoms with Crippen molar-refractivity contribution in [2.75, 3.05) is 32.7 Å². The first kappa shape index (κ1) is 16.5. The van der Waals surface area contributed by atoms with E-state index >= 15 is 0 Å². The summed E-state index contributed by atoms with van der Waals surface area (Å²) in [6, 6.07) is 0.372. The number of fused-ring (bicyclic) bond motifs is 3. The summed E-state index contributed by atoms with van der Waals surface area (Å²) in [6.07, 6.45) is 5.61. The van der Waals surface area contributed by atoms with E-state index in [0.29, 0.717) is 12.6 Å². The van der Waals surface area contributed by atoms with Crippen LogP contribution in [0.2, 0.25) is 0 Å². The standard InChI is InChI=1S/C17H29N3O.ClH/c1-11(16-5-12-2-3-13(16)4-12)19-17(21)10-20-8-14-6-18-7-15(14)9-20;/h11-16,18H,2-10H2,1H3,(H,19,21);1H/t11?,12?,13?,14-,15+,16?;. The molecule has 0 radical (unpaired) electrons. The number of amides is 1. The van der Waals surface area contributed by atoms with Crippen LogP contribution < -0.4 is 10.6 Å². The highest BCUT2D eigenvalue weighted by atomic mass is 35.5. The van der Waals surface area contributed by atoms with Crippen LogP contribution in [0.5, 0.6) is 0 Å². The van der Waals surface area contributed by atoms with Crippen molar-refractivity contribution in [2.45, 2.75) is 38.6 Å². The van der Waals surface area contributed by atoms with Crippen LogP contribution in [0.1, 0.15) is 32.6 Å². The van der Waals surface area contributed by atoms with Crippen LogP contribution in [0.4, 0.5) is 0 Å². The van der Waals surface area contributed by atoms with E-state index in [1.54, 1.807) is 0 Å². The predicted octanol–water partition coefficient (Wildman–Crippen LogP) is 1.50. The molecule has 0 aromatic rings. The summed E-state index contributed by atoms with van der Waals surface area (Å²) >= 11 is 0. The molecule has 2 saturated heterocycles. The summed E-state index contributed by atoms with van der Waals surface area (Å²) in [5.74, 6) is 4.40. The average molecular weight is 328 g/mol. The highest BCUT2D eigenvalue weighted by Gasteiger charge is 2.42. The number of halogens is 1. The smallest absolute Gasteiger partial charge is 0.234 e. The van der Waals surface area contributed by atoms with E-state index in [4.69, 9.17) is 0 Å². The van der Waals surface area contributed by atoms with Crippen molar-refractivity contribution in [1.82, 2.24) is 15.5 Å². The zero-order valence-electron chi connectivity index (χ0n) is 13.6. The third kappa shape index (κ3) is 3.15. The Balaban J connectivity index is 0.00000144. The molecule has 4 unspecified atom stereocenters. The first-order valence-corrected chi connectivity index (χ1v) is 8.91. The summed E-state index contributed by atoms with van der Waals surface area (Å²) in [7, 11) is 0. The molecule has 22 heavy (non-hydrogen) atoms. The fraction of sp³-hybridized carbons (Fsp3) is 0.941. The molecule has 4 rings (SSSR count). The first-order valence-electron chi connectivity index (χ1n) is 8.91. The molecule has 6 atom stereocenters. The minimum atomic E-state index is 0. The molecule has 126 valence electrons. The topological polar surface area (TPSA) is 44.4 Å². The van der Waals surface area contributed by atoms with Crippen molar-refractivity contribution >= 4 is 18.3 Å². The maximum Gasteiger partial charge on any atom is 0.234 e. The van der Waals surface area contributed by atoms with E-state index in [-0.39, 0.29) is 18.3 Å². The molecule has 1 amide bonds. The van der Waals surface area contributed by atoms with E-state index in [1.807, 2.05) is 0 Å². The van der Waals surface area contributed by atoms with E-state index < -0.39 is 0 Å². The second-order valence-electron chi connectivity index (χ2n) is 8.07. The zero-order valence-corrected chi connectivity index (χ0v) is 14.4. The van der Waals surface area contributed by atoms with Crippen molar-refractivity contribution in [3.8, 4) is 0 Å². The summed E-state index contributed by atoms with van der Waals surface area (Å²) in [5.41, 5.74) is 0. The monoisotopic (exact) mass is 327 g/mol. The fourth-order valence-electron chi connectivity index (χ4n) is 5.60. The average Bonchev–Trinajstić information content (AvgIpc) is 3.17. The molecule has 2 saturated carbocycles. The van der Waals surface area contributed by atoms with Gasteiger partial charge >= 0.3 is 0 Å². The maximum absolute atomic E-state index is 12.3. The number of carbonyl (C=O) groups is 1. The second-order valence-corrected chi connectivity index (χ2v) is 8.07. The van der Waals surface area contributed by atoms with E-state index in [0.717, 1.165) is 55.8 Å². The zero-order chi connectivity index (χ0) is 14.4. The van der Waals surface area contributed by atoms with Gasteiger partial charge in [0.2, 0.25) is 5.91 Å². The predicted molar refractivity (Wildman–Crippen MR) is 90.1 cm³/mol. The van der Waals surface area contributed by atoms with Gasteiger partial charge in [-0.1, -0.05) is 6.42 Å². The molecule has 0 aromatic heterocycles. The van der Waals surface area contributed by atoms with Crippen LogP contribution >= 0.6 is 12.4 Å². The first-order chi connectivity index (χ1) is 10.2. The number of hydrogen-bond donors (Lipinski definition) is 2. The molecule has 2 heterocycles. The summed E-state index contributed by atoms with van der Waals surface area (Å²) < 4.78 is 0. The van der Waals surface area contributed by atoms with E-state index in [2.05, 4.69) is 22.5 Å². The molecule has 4 aliphatic rings. The van der Waals surface area contributed by atoms with Gasteiger partial charge in [0.1, 0.15) is 0 Å². The lowest BCUT2D eigenvalue weighted by atomic mass is 9.84. The van der Waals surface area contributed by atoms with Crippen LogP contribution in [0.15, 0.2) is 0 Å². The Morgan fingerprint density at radius 2 is 1.91 bits per heavy atom. The summed E-state index contributed by atoms with van der Waals surface area (Å²) in [6.45, 7) is 7.33. The quantitative estimate of drug-likeness (QED) is 0.822. The molecule has 0 spiro atoms. The SMILES string of the molecule is CC(NC(=O)CN1C[C@H]2CNC[C@H]2C1)C1CC2CCC1C2.Cl. The van der Waals surface area contributed by atoms with Gasteiger partial charge in [-0.25, -0.2) is 0 Å². The van der Waals surface area contributed by atoms with Crippen LogP contribution in [-0.4, -0.2) is 49.6 Å². The molecule has 5 heteroatoms. The van der Waals surface area contributed by atoms with E-state index in [1.165, 1.54) is 25.7 Å². The van der Waals surface area contributed by atoms with Gasteiger partial charge in [0, 0.05) is 19.1 Å². The van der Waals surface area contributed by atoms with Crippen LogP contribution in [0.3, 0.4) is 0 Å². The highest BCUT2D eigenvalue weighted by molar-refractivity contribution is 5.85. The van der Waals surface area contributed by atoms with Crippen molar-refractivity contribution in [3.05, 3.63) is 0 Å². The Hall–Kier alpha value is -0.320. The van der Waals surface area contributed by atoms with Crippen molar-refractivity contribution in [1.29, 1.82) is 0 Å². The molecular weight excluding hydrogens is 298 g/mol. The number of nitrogens with one attached hydrogen (secondary N) is 2. The van der Waals surface area contributed by atoms with Gasteiger partial charge < -0.3 is 10.6 Å². The Labute approximate surface area is 140 Å². The van der Waals surface area contributed by atoms with Gasteiger partial charge in [-0.05, 0) is 68.9 Å². The van der Waals surface area contributed by atoms with Gasteiger partial charge in [-0.15, -0.1) is 12.4 Å². The molecule has 4 fully saturated rings. The van der Waals surface area contributed by atoms with E-state index in [9.17, 15) is 4.79 Å². The molecule has 2 aliphatic heterocycles. The number of hydrogen-bond acceptors (Lipinski definition) is 3. The number of nitrogens with zero attached hydrogens (tertiary/aromatic N) is 1. The molecule has 2 bridgehead atoms. The van der Waals surface area contributed by atoms with Gasteiger partial charge in [0.25, 0.3) is 0 Å². The second kappa shape index (κ2) is 6.66. The summed E-state index contributed by atoms with van der Waals surface area (Å²) in [5, 5.41) is 6.76. The lowest BCUT2D eigenvalue weighted by Crippen LogP contribution is -2.44. The molecular formula is C17H30ClN3O. The molecule has 2 aliphatic carbocycles. The van der Waals surface area contributed by atoms with Crippen LogP contribution in [-0.2, 0) is 4.79 Å². The molecule has 0 aromatic carbocycles. The van der Waals surface area contributed by atoms with Gasteiger partial charge in [0.05, 0.1) is 6.54 Å². The minimum Gasteiger partial charge on any atom is -0.352 e. The van der Waals surface area contributed by atoms with Gasteiger partial charge in [-0.3, -0.25) is 9.69 Å². The van der Waals surface area contributed by atoms with Gasteiger partial charge in [-0.2, -0.15) is 0 Å². The Bertz CT molecular complexity index is 407. The Morgan fingerprint density at radius 1 is 1.18 bits per heavy atom. The number of rotatable bonds is 4. The maximum atomic E-state index is 12.3. The van der Waals surface area contributed by atoms with Crippen molar-refractivity contribution in [2.24, 2.45) is 29.6 Å². The fourth-order valence-corrected chi connectivity index (χ4v) is 5.60. The molecule has 4 nitrogen and oxygen atoms in total. The Morgan fingerprint density at radius 3 is 2.50 bits per heavy atom. The van der Waals surface area contributed by atoms with Crippen molar-refractivity contribution < 1.29 is 4.79 Å². The lowest BCUT2D eigenvalue weighted by Gasteiger charge is -2.29. The Kier molecular flexibility index (Phi) is 5.01. The third-order valence-electron chi connectivity index (χ3n) is 6.66. The molecule has 2 N–H and O–H groups in total. The van der Waals surface area contributed by atoms with Crippen LogP contribution in [0, 0.1) is 29.6 Å². The normalized spacial score (nSPS) is 41.2. The largest absolute Gasteiger partial charge is 0.352 e. The van der Waals surface area contributed by atoms with Gasteiger partial charge in [0.15, 0.2) is 0 Å².